The monoisotopic (exact) mass is 287 g/mol. The molecule has 5 heteroatoms. The molecule has 2 aromatic rings. The van der Waals surface area contributed by atoms with Crippen molar-refractivity contribution in [2.75, 3.05) is 5.01 Å². The van der Waals surface area contributed by atoms with Gasteiger partial charge in [-0.25, -0.2) is 5.84 Å². The smallest absolute Gasteiger partial charge is 0.251 e. The number of pyridine rings is 1. The Labute approximate surface area is 124 Å². The molecule has 2 N–H and O–H groups in total. The van der Waals surface area contributed by atoms with Gasteiger partial charge >= 0.3 is 0 Å². The molecule has 0 radical (unpaired) electrons. The SMILES string of the molecule is CC(N(N)c1c(Cc2ccncc2)c(=O)c1=O)C(C)(C)C. The Hall–Kier alpha value is -2.01. The lowest BCUT2D eigenvalue weighted by atomic mass is 9.86. The fourth-order valence-corrected chi connectivity index (χ4v) is 2.18. The van der Waals surface area contributed by atoms with Crippen LogP contribution in [0, 0.1) is 5.41 Å². The van der Waals surface area contributed by atoms with E-state index in [9.17, 15) is 9.59 Å². The summed E-state index contributed by atoms with van der Waals surface area (Å²) < 4.78 is 0. The minimum Gasteiger partial charge on any atom is -0.303 e. The molecule has 0 saturated heterocycles. The van der Waals surface area contributed by atoms with Gasteiger partial charge in [-0.2, -0.15) is 0 Å². The van der Waals surface area contributed by atoms with Crippen molar-refractivity contribution < 1.29 is 0 Å². The van der Waals surface area contributed by atoms with Crippen LogP contribution in [0.15, 0.2) is 34.1 Å². The molecule has 1 unspecified atom stereocenters. The molecule has 1 aromatic heterocycles. The van der Waals surface area contributed by atoms with E-state index in [1.165, 1.54) is 5.01 Å². The summed E-state index contributed by atoms with van der Waals surface area (Å²) in [6.45, 7) is 8.09. The highest BCUT2D eigenvalue weighted by Crippen LogP contribution is 2.27. The van der Waals surface area contributed by atoms with Gasteiger partial charge in [0.05, 0.1) is 0 Å². The first kappa shape index (κ1) is 15.4. The second-order valence-corrected chi connectivity index (χ2v) is 6.47. The molecule has 5 nitrogen and oxygen atoms in total. The van der Waals surface area contributed by atoms with Crippen LogP contribution in [0.1, 0.15) is 38.8 Å². The van der Waals surface area contributed by atoms with E-state index in [1.807, 2.05) is 39.8 Å². The van der Waals surface area contributed by atoms with Gasteiger partial charge in [0.1, 0.15) is 5.69 Å². The van der Waals surface area contributed by atoms with Crippen molar-refractivity contribution in [2.45, 2.75) is 40.2 Å². The number of nitrogens with zero attached hydrogens (tertiary/aromatic N) is 2. The standard InChI is InChI=1S/C16H21N3O2/c1-10(16(2,3)4)19(17)13-12(14(20)15(13)21)9-11-5-7-18-8-6-11/h5-8,10H,9,17H2,1-4H3. The molecule has 1 aromatic carbocycles. The molecular weight excluding hydrogens is 266 g/mol. The maximum Gasteiger partial charge on any atom is 0.251 e. The van der Waals surface area contributed by atoms with Gasteiger partial charge in [-0.05, 0) is 30.0 Å². The number of nitrogens with two attached hydrogens (primary N) is 1. The first-order valence-corrected chi connectivity index (χ1v) is 6.98. The van der Waals surface area contributed by atoms with Gasteiger partial charge < -0.3 is 5.01 Å². The summed E-state index contributed by atoms with van der Waals surface area (Å²) in [5.74, 6) is 6.10. The van der Waals surface area contributed by atoms with E-state index in [-0.39, 0.29) is 11.5 Å². The molecule has 1 atom stereocenters. The van der Waals surface area contributed by atoms with E-state index in [4.69, 9.17) is 5.84 Å². The number of hydrazine groups is 1. The minimum atomic E-state index is -0.488. The highest BCUT2D eigenvalue weighted by Gasteiger charge is 2.31. The average Bonchev–Trinajstić information content (AvgIpc) is 2.45. The summed E-state index contributed by atoms with van der Waals surface area (Å²) in [6.07, 6.45) is 3.74. The topological polar surface area (TPSA) is 76.3 Å². The Morgan fingerprint density at radius 1 is 1.19 bits per heavy atom. The highest BCUT2D eigenvalue weighted by molar-refractivity contribution is 5.59. The Kier molecular flexibility index (Phi) is 3.96. The van der Waals surface area contributed by atoms with Crippen molar-refractivity contribution in [2.24, 2.45) is 11.3 Å². The molecule has 0 amide bonds. The molecule has 0 aliphatic heterocycles. The van der Waals surface area contributed by atoms with Crippen molar-refractivity contribution >= 4 is 5.69 Å². The van der Waals surface area contributed by atoms with E-state index < -0.39 is 10.9 Å². The van der Waals surface area contributed by atoms with Gasteiger partial charge in [0, 0.05) is 30.4 Å². The summed E-state index contributed by atoms with van der Waals surface area (Å²) in [6, 6.07) is 3.60. The van der Waals surface area contributed by atoms with Crippen LogP contribution < -0.4 is 21.7 Å². The van der Waals surface area contributed by atoms with Crippen LogP contribution in [0.3, 0.4) is 0 Å². The zero-order valence-electron chi connectivity index (χ0n) is 12.9. The largest absolute Gasteiger partial charge is 0.303 e. The first-order valence-electron chi connectivity index (χ1n) is 6.98. The number of hydrogen-bond donors (Lipinski definition) is 1. The fraction of sp³-hybridized carbons (Fsp3) is 0.438. The van der Waals surface area contributed by atoms with Crippen molar-refractivity contribution in [1.82, 2.24) is 4.98 Å². The molecule has 0 fully saturated rings. The third-order valence-corrected chi connectivity index (χ3v) is 4.04. The highest BCUT2D eigenvalue weighted by atomic mass is 16.2. The van der Waals surface area contributed by atoms with Crippen LogP contribution in [0.5, 0.6) is 0 Å². The van der Waals surface area contributed by atoms with Crippen LogP contribution in [0.25, 0.3) is 0 Å². The predicted molar refractivity (Wildman–Crippen MR) is 84.0 cm³/mol. The van der Waals surface area contributed by atoms with Crippen LogP contribution in [0.2, 0.25) is 0 Å². The van der Waals surface area contributed by atoms with E-state index in [2.05, 4.69) is 4.98 Å². The van der Waals surface area contributed by atoms with E-state index >= 15 is 0 Å². The van der Waals surface area contributed by atoms with E-state index in [0.717, 1.165) is 5.56 Å². The maximum absolute atomic E-state index is 11.9. The fourth-order valence-electron chi connectivity index (χ4n) is 2.18. The predicted octanol–water partition coefficient (Wildman–Crippen LogP) is 1.38. The third kappa shape index (κ3) is 2.88. The maximum atomic E-state index is 11.9. The molecule has 0 aliphatic rings. The molecule has 0 spiro atoms. The zero-order valence-corrected chi connectivity index (χ0v) is 12.9. The molecular formula is C16H21N3O2. The molecule has 0 bridgehead atoms. The lowest BCUT2D eigenvalue weighted by Gasteiger charge is -2.37. The molecule has 0 saturated carbocycles. The summed E-state index contributed by atoms with van der Waals surface area (Å²) >= 11 is 0. The molecule has 21 heavy (non-hydrogen) atoms. The third-order valence-electron chi connectivity index (χ3n) is 4.04. The molecule has 2 rings (SSSR count). The Morgan fingerprint density at radius 2 is 1.76 bits per heavy atom. The summed E-state index contributed by atoms with van der Waals surface area (Å²) in [7, 11) is 0. The second kappa shape index (κ2) is 5.41. The van der Waals surface area contributed by atoms with Gasteiger partial charge in [-0.3, -0.25) is 14.6 Å². The minimum absolute atomic E-state index is 0.0583. The zero-order chi connectivity index (χ0) is 15.8. The summed E-state index contributed by atoms with van der Waals surface area (Å²) in [5, 5.41) is 1.44. The van der Waals surface area contributed by atoms with Gasteiger partial charge in [0.2, 0.25) is 5.43 Å². The van der Waals surface area contributed by atoms with E-state index in [1.54, 1.807) is 12.4 Å². The normalized spacial score (nSPS) is 13.4. The van der Waals surface area contributed by atoms with Crippen molar-refractivity contribution in [3.05, 3.63) is 56.1 Å². The number of rotatable bonds is 4. The lowest BCUT2D eigenvalue weighted by molar-refractivity contribution is 0.321. The lowest BCUT2D eigenvalue weighted by Crippen LogP contribution is -2.54. The first-order chi connectivity index (χ1) is 9.73. The number of aromatic nitrogens is 1. The quantitative estimate of drug-likeness (QED) is 0.522. The van der Waals surface area contributed by atoms with Crippen molar-refractivity contribution in [3.8, 4) is 0 Å². The van der Waals surface area contributed by atoms with Gasteiger partial charge in [-0.15, -0.1) is 0 Å². The van der Waals surface area contributed by atoms with Crippen LogP contribution in [-0.4, -0.2) is 11.0 Å². The second-order valence-electron chi connectivity index (χ2n) is 6.47. The Balaban J connectivity index is 2.32. The van der Waals surface area contributed by atoms with E-state index in [0.29, 0.717) is 17.7 Å². The Bertz CT molecular complexity index is 694. The number of hydrogen-bond acceptors (Lipinski definition) is 5. The molecule has 0 aliphatic carbocycles. The average molecular weight is 287 g/mol. The van der Waals surface area contributed by atoms with Crippen LogP contribution >= 0.6 is 0 Å². The van der Waals surface area contributed by atoms with Gasteiger partial charge in [0.15, 0.2) is 0 Å². The van der Waals surface area contributed by atoms with Crippen LogP contribution in [-0.2, 0) is 6.42 Å². The van der Waals surface area contributed by atoms with Gasteiger partial charge in [0.25, 0.3) is 5.43 Å². The Morgan fingerprint density at radius 3 is 2.29 bits per heavy atom. The summed E-state index contributed by atoms with van der Waals surface area (Å²) in [4.78, 5) is 27.7. The molecule has 112 valence electrons. The van der Waals surface area contributed by atoms with Crippen LogP contribution in [0.4, 0.5) is 5.69 Å². The van der Waals surface area contributed by atoms with Crippen molar-refractivity contribution in [1.29, 1.82) is 0 Å². The van der Waals surface area contributed by atoms with Gasteiger partial charge in [-0.1, -0.05) is 20.8 Å². The summed E-state index contributed by atoms with van der Waals surface area (Å²) in [5.41, 5.74) is 0.762. The van der Waals surface area contributed by atoms with Crippen molar-refractivity contribution in [3.63, 3.8) is 0 Å². The molecule has 1 heterocycles. The number of anilines is 1.